The fourth-order valence-electron chi connectivity index (χ4n) is 3.95. The van der Waals surface area contributed by atoms with Crippen LogP contribution in [0.1, 0.15) is 19.8 Å². The van der Waals surface area contributed by atoms with Crippen LogP contribution in [0.15, 0.2) is 54.6 Å². The van der Waals surface area contributed by atoms with Crippen LogP contribution < -0.4 is 4.90 Å². The van der Waals surface area contributed by atoms with Crippen LogP contribution in [0.4, 0.5) is 5.69 Å². The van der Waals surface area contributed by atoms with Crippen molar-refractivity contribution in [2.75, 3.05) is 31.1 Å². The van der Waals surface area contributed by atoms with Gasteiger partial charge in [-0.3, -0.25) is 9.59 Å². The first-order valence-electron chi connectivity index (χ1n) is 9.47. The normalized spacial score (nSPS) is 22.9. The largest absolute Gasteiger partial charge is 0.365 e. The van der Waals surface area contributed by atoms with E-state index < -0.39 is 5.60 Å². The average molecular weight is 364 g/mol. The van der Waals surface area contributed by atoms with Gasteiger partial charge in [-0.15, -0.1) is 0 Å². The Morgan fingerprint density at radius 3 is 2.48 bits per heavy atom. The molecule has 0 aromatic heterocycles. The first-order valence-corrected chi connectivity index (χ1v) is 9.47. The predicted molar refractivity (Wildman–Crippen MR) is 104 cm³/mol. The second kappa shape index (κ2) is 7.16. The third kappa shape index (κ3) is 3.35. The molecule has 5 heteroatoms. The highest BCUT2D eigenvalue weighted by Crippen LogP contribution is 2.32. The van der Waals surface area contributed by atoms with Gasteiger partial charge in [-0.25, -0.2) is 0 Å². The van der Waals surface area contributed by atoms with E-state index in [9.17, 15) is 9.59 Å². The number of carbonyl (C=O) groups excluding carboxylic acids is 2. The Balaban J connectivity index is 1.55. The summed E-state index contributed by atoms with van der Waals surface area (Å²) in [6, 6.07) is 18.0. The second-order valence-corrected chi connectivity index (χ2v) is 7.34. The third-order valence-corrected chi connectivity index (χ3v) is 5.46. The van der Waals surface area contributed by atoms with E-state index >= 15 is 0 Å². The molecule has 140 valence electrons. The van der Waals surface area contributed by atoms with Crippen molar-refractivity contribution in [1.29, 1.82) is 0 Å². The van der Waals surface area contributed by atoms with Crippen LogP contribution in [0.5, 0.6) is 0 Å². The van der Waals surface area contributed by atoms with E-state index in [0.29, 0.717) is 19.7 Å². The summed E-state index contributed by atoms with van der Waals surface area (Å²) in [5.74, 6) is -0.121. The summed E-state index contributed by atoms with van der Waals surface area (Å²) in [6.45, 7) is 3.56. The number of ether oxygens (including phenoxy) is 1. The van der Waals surface area contributed by atoms with Gasteiger partial charge < -0.3 is 14.5 Å². The Hall–Kier alpha value is -2.66. The summed E-state index contributed by atoms with van der Waals surface area (Å²) >= 11 is 0. The molecule has 0 bridgehead atoms. The molecule has 0 saturated carbocycles. The van der Waals surface area contributed by atoms with Crippen molar-refractivity contribution in [2.24, 2.45) is 0 Å². The van der Waals surface area contributed by atoms with E-state index in [-0.39, 0.29) is 18.4 Å². The molecule has 0 N–H and O–H groups in total. The molecule has 27 heavy (non-hydrogen) atoms. The van der Waals surface area contributed by atoms with Crippen LogP contribution in [0, 0.1) is 0 Å². The number of piperazine rings is 1. The molecular formula is C22H24N2O3. The summed E-state index contributed by atoms with van der Waals surface area (Å²) in [7, 11) is 0. The standard InChI is InChI=1S/C22H24N2O3/c1-22(12-7-15-27-22)21(26)23-13-14-24(20(25)16-23)19-11-6-5-10-18(19)17-8-3-2-4-9-17/h2-6,8-11H,7,12-16H2,1H3. The van der Waals surface area contributed by atoms with Crippen molar-refractivity contribution in [2.45, 2.75) is 25.4 Å². The maximum Gasteiger partial charge on any atom is 0.255 e. The van der Waals surface area contributed by atoms with E-state index in [1.807, 2.05) is 61.5 Å². The lowest BCUT2D eigenvalue weighted by Crippen LogP contribution is -2.57. The Bertz CT molecular complexity index is 844. The molecule has 2 saturated heterocycles. The maximum absolute atomic E-state index is 12.9. The molecule has 2 aromatic carbocycles. The van der Waals surface area contributed by atoms with Crippen LogP contribution in [-0.2, 0) is 14.3 Å². The van der Waals surface area contributed by atoms with Gasteiger partial charge in [-0.1, -0.05) is 48.5 Å². The van der Waals surface area contributed by atoms with Crippen LogP contribution in [-0.4, -0.2) is 48.6 Å². The van der Waals surface area contributed by atoms with Gasteiger partial charge in [0, 0.05) is 25.3 Å². The molecule has 0 radical (unpaired) electrons. The highest BCUT2D eigenvalue weighted by atomic mass is 16.5. The smallest absolute Gasteiger partial charge is 0.255 e. The summed E-state index contributed by atoms with van der Waals surface area (Å²) in [4.78, 5) is 29.2. The van der Waals surface area contributed by atoms with Crippen molar-refractivity contribution in [3.8, 4) is 11.1 Å². The average Bonchev–Trinajstić information content (AvgIpc) is 3.16. The van der Waals surface area contributed by atoms with E-state index in [1.54, 1.807) is 9.80 Å². The fraction of sp³-hybridized carbons (Fsp3) is 0.364. The SMILES string of the molecule is CC1(C(=O)N2CCN(c3ccccc3-c3ccccc3)C(=O)C2)CCCO1. The van der Waals surface area contributed by atoms with Gasteiger partial charge in [-0.2, -0.15) is 0 Å². The molecule has 2 fully saturated rings. The van der Waals surface area contributed by atoms with Crippen molar-refractivity contribution in [3.63, 3.8) is 0 Å². The van der Waals surface area contributed by atoms with Crippen molar-refractivity contribution < 1.29 is 14.3 Å². The molecule has 0 aliphatic carbocycles. The molecular weight excluding hydrogens is 340 g/mol. The van der Waals surface area contributed by atoms with Gasteiger partial charge in [0.2, 0.25) is 5.91 Å². The number of para-hydroxylation sites is 1. The van der Waals surface area contributed by atoms with Crippen molar-refractivity contribution >= 4 is 17.5 Å². The molecule has 0 spiro atoms. The number of nitrogens with zero attached hydrogens (tertiary/aromatic N) is 2. The number of anilines is 1. The second-order valence-electron chi connectivity index (χ2n) is 7.34. The number of hydrogen-bond donors (Lipinski definition) is 0. The minimum absolute atomic E-state index is 0.0559. The first-order chi connectivity index (χ1) is 13.1. The zero-order valence-electron chi connectivity index (χ0n) is 15.6. The third-order valence-electron chi connectivity index (χ3n) is 5.46. The van der Waals surface area contributed by atoms with Crippen LogP contribution in [0.2, 0.25) is 0 Å². The maximum atomic E-state index is 12.9. The Kier molecular flexibility index (Phi) is 4.70. The van der Waals surface area contributed by atoms with Gasteiger partial charge in [0.05, 0.1) is 5.69 Å². The van der Waals surface area contributed by atoms with Crippen LogP contribution in [0.3, 0.4) is 0 Å². The van der Waals surface area contributed by atoms with E-state index in [1.165, 1.54) is 0 Å². The Labute approximate surface area is 159 Å². The van der Waals surface area contributed by atoms with E-state index in [4.69, 9.17) is 4.74 Å². The lowest BCUT2D eigenvalue weighted by atomic mass is 10.00. The monoisotopic (exact) mass is 364 g/mol. The van der Waals surface area contributed by atoms with Gasteiger partial charge in [0.15, 0.2) is 0 Å². The molecule has 1 unspecified atom stereocenters. The molecule has 2 heterocycles. The number of hydrogen-bond acceptors (Lipinski definition) is 3. The lowest BCUT2D eigenvalue weighted by molar-refractivity contribution is -0.153. The molecule has 2 aliphatic rings. The van der Waals surface area contributed by atoms with Gasteiger partial charge in [-0.05, 0) is 31.4 Å². The molecule has 4 rings (SSSR count). The number of rotatable bonds is 3. The minimum Gasteiger partial charge on any atom is -0.365 e. The summed E-state index contributed by atoms with van der Waals surface area (Å²) in [5, 5.41) is 0. The molecule has 2 aliphatic heterocycles. The predicted octanol–water partition coefficient (Wildman–Crippen LogP) is 3.10. The van der Waals surface area contributed by atoms with E-state index in [0.717, 1.165) is 29.7 Å². The fourth-order valence-corrected chi connectivity index (χ4v) is 3.95. The lowest BCUT2D eigenvalue weighted by Gasteiger charge is -2.38. The number of carbonyl (C=O) groups is 2. The highest BCUT2D eigenvalue weighted by Gasteiger charge is 2.42. The quantitative estimate of drug-likeness (QED) is 0.841. The number of amides is 2. The van der Waals surface area contributed by atoms with Gasteiger partial charge in [0.1, 0.15) is 12.1 Å². The van der Waals surface area contributed by atoms with Gasteiger partial charge >= 0.3 is 0 Å². The molecule has 2 amide bonds. The van der Waals surface area contributed by atoms with E-state index in [2.05, 4.69) is 0 Å². The first kappa shape index (κ1) is 17.7. The minimum atomic E-state index is -0.773. The summed E-state index contributed by atoms with van der Waals surface area (Å²) in [5.41, 5.74) is 2.22. The summed E-state index contributed by atoms with van der Waals surface area (Å²) in [6.07, 6.45) is 1.61. The van der Waals surface area contributed by atoms with Crippen molar-refractivity contribution in [1.82, 2.24) is 4.90 Å². The van der Waals surface area contributed by atoms with Gasteiger partial charge in [0.25, 0.3) is 5.91 Å². The molecule has 5 nitrogen and oxygen atoms in total. The topological polar surface area (TPSA) is 49.9 Å². The molecule has 2 aromatic rings. The Morgan fingerprint density at radius 2 is 1.78 bits per heavy atom. The van der Waals surface area contributed by atoms with Crippen molar-refractivity contribution in [3.05, 3.63) is 54.6 Å². The zero-order valence-corrected chi connectivity index (χ0v) is 15.6. The zero-order chi connectivity index (χ0) is 18.9. The van der Waals surface area contributed by atoms with Crippen LogP contribution in [0.25, 0.3) is 11.1 Å². The highest BCUT2D eigenvalue weighted by molar-refractivity contribution is 6.01. The van der Waals surface area contributed by atoms with Crippen LogP contribution >= 0.6 is 0 Å². The Morgan fingerprint density at radius 1 is 1.04 bits per heavy atom. The number of benzene rings is 2. The summed E-state index contributed by atoms with van der Waals surface area (Å²) < 4.78 is 5.66. The molecule has 1 atom stereocenters.